The molecule has 0 aromatic carbocycles. The number of aliphatic imine (C=N–C) groups is 1. The normalized spacial score (nSPS) is 28.3. The molecule has 2 aliphatic rings. The number of carbonyl (C=O) groups excluding carboxylic acids is 2. The molecule has 3 heteroatoms. The molecule has 1 unspecified atom stereocenters. The number of carbonyl (C=O) groups is 2. The van der Waals surface area contributed by atoms with Gasteiger partial charge < -0.3 is 0 Å². The molecule has 2 rings (SSSR count). The third-order valence-corrected chi connectivity index (χ3v) is 2.26. The van der Waals surface area contributed by atoms with E-state index in [1.165, 1.54) is 6.08 Å². The number of rotatable bonds is 0. The van der Waals surface area contributed by atoms with Gasteiger partial charge in [0.1, 0.15) is 5.78 Å². The molecule has 0 N–H and O–H groups in total. The van der Waals surface area contributed by atoms with Gasteiger partial charge in [0.05, 0.1) is 0 Å². The van der Waals surface area contributed by atoms with Gasteiger partial charge in [0.2, 0.25) is 0 Å². The summed E-state index contributed by atoms with van der Waals surface area (Å²) in [5.41, 5.74) is 0.891. The van der Waals surface area contributed by atoms with Gasteiger partial charge >= 0.3 is 0 Å². The van der Waals surface area contributed by atoms with Crippen molar-refractivity contribution in [2.45, 2.75) is 19.3 Å². The first-order valence-electron chi connectivity index (χ1n) is 4.07. The van der Waals surface area contributed by atoms with Crippen LogP contribution in [0.4, 0.5) is 0 Å². The summed E-state index contributed by atoms with van der Waals surface area (Å²) in [5.74, 6) is 0.206. The lowest BCUT2D eigenvalue weighted by Gasteiger charge is -2.21. The Morgan fingerprint density at radius 2 is 2.17 bits per heavy atom. The number of allylic oxidation sites excluding steroid dienone is 1. The van der Waals surface area contributed by atoms with Crippen LogP contribution in [-0.4, -0.2) is 17.4 Å². The quantitative estimate of drug-likeness (QED) is 0.532. The van der Waals surface area contributed by atoms with Crippen LogP contribution >= 0.6 is 0 Å². The third-order valence-electron chi connectivity index (χ3n) is 2.26. The molecule has 0 aromatic rings. The lowest BCUT2D eigenvalue weighted by molar-refractivity contribution is -0.120. The molecule has 0 radical (unpaired) electrons. The van der Waals surface area contributed by atoms with Crippen molar-refractivity contribution < 1.29 is 9.59 Å². The number of ketones is 1. The average Bonchev–Trinajstić information content (AvgIpc) is 2.05. The van der Waals surface area contributed by atoms with Crippen LogP contribution in [0.5, 0.6) is 0 Å². The summed E-state index contributed by atoms with van der Waals surface area (Å²) in [5, 5.41) is 0. The predicted molar refractivity (Wildman–Crippen MR) is 43.9 cm³/mol. The molecule has 3 nitrogen and oxygen atoms in total. The van der Waals surface area contributed by atoms with Crippen molar-refractivity contribution in [2.24, 2.45) is 10.9 Å². The van der Waals surface area contributed by atoms with Gasteiger partial charge in [-0.3, -0.25) is 9.59 Å². The van der Waals surface area contributed by atoms with Crippen molar-refractivity contribution in [2.75, 3.05) is 0 Å². The molecule has 1 amide bonds. The molecule has 0 spiro atoms. The molecule has 1 heterocycles. The summed E-state index contributed by atoms with van der Waals surface area (Å²) in [6.45, 7) is 0. The minimum absolute atomic E-state index is 0.115. The SMILES string of the molecule is O=C1CCC2=NC(=O)C=CC2C1. The molecular weight excluding hydrogens is 154 g/mol. The van der Waals surface area contributed by atoms with E-state index in [2.05, 4.69) is 4.99 Å². The van der Waals surface area contributed by atoms with E-state index in [4.69, 9.17) is 0 Å². The Labute approximate surface area is 70.2 Å². The molecular formula is C9H9NO2. The summed E-state index contributed by atoms with van der Waals surface area (Å²) in [7, 11) is 0. The molecule has 0 saturated heterocycles. The highest BCUT2D eigenvalue weighted by molar-refractivity contribution is 6.08. The Morgan fingerprint density at radius 3 is 3.00 bits per heavy atom. The molecule has 1 aliphatic carbocycles. The first-order chi connectivity index (χ1) is 5.75. The van der Waals surface area contributed by atoms with Crippen molar-refractivity contribution in [3.63, 3.8) is 0 Å². The summed E-state index contributed by atoms with van der Waals surface area (Å²) in [6, 6.07) is 0. The summed E-state index contributed by atoms with van der Waals surface area (Å²) in [4.78, 5) is 25.7. The zero-order chi connectivity index (χ0) is 8.55. The van der Waals surface area contributed by atoms with E-state index in [1.54, 1.807) is 6.08 Å². The fourth-order valence-electron chi connectivity index (χ4n) is 1.61. The average molecular weight is 163 g/mol. The molecule has 0 aromatic heterocycles. The Balaban J connectivity index is 2.23. The highest BCUT2D eigenvalue weighted by atomic mass is 16.1. The molecule has 1 fully saturated rings. The maximum absolute atomic E-state index is 11.0. The monoisotopic (exact) mass is 163 g/mol. The Bertz CT molecular complexity index is 302. The number of amides is 1. The molecule has 1 atom stereocenters. The topological polar surface area (TPSA) is 46.5 Å². The summed E-state index contributed by atoms with van der Waals surface area (Å²) >= 11 is 0. The van der Waals surface area contributed by atoms with Crippen LogP contribution in [0.15, 0.2) is 17.1 Å². The standard InChI is InChI=1S/C9H9NO2/c11-7-2-3-8-6(5-7)1-4-9(12)10-8/h1,4,6H,2-3,5H2. The van der Waals surface area contributed by atoms with Gasteiger partial charge in [-0.1, -0.05) is 6.08 Å². The van der Waals surface area contributed by atoms with Gasteiger partial charge in [-0.25, -0.2) is 4.99 Å². The molecule has 62 valence electrons. The largest absolute Gasteiger partial charge is 0.300 e. The third kappa shape index (κ3) is 1.22. The zero-order valence-corrected chi connectivity index (χ0v) is 6.62. The van der Waals surface area contributed by atoms with E-state index in [0.29, 0.717) is 19.3 Å². The number of hydrogen-bond acceptors (Lipinski definition) is 2. The van der Waals surface area contributed by atoms with Crippen molar-refractivity contribution in [1.29, 1.82) is 0 Å². The molecule has 12 heavy (non-hydrogen) atoms. The minimum atomic E-state index is -0.185. The van der Waals surface area contributed by atoms with Gasteiger partial charge in [-0.2, -0.15) is 0 Å². The smallest absolute Gasteiger partial charge is 0.269 e. The molecule has 1 saturated carbocycles. The fraction of sp³-hybridized carbons (Fsp3) is 0.444. The van der Waals surface area contributed by atoms with Crippen LogP contribution in [0.25, 0.3) is 0 Å². The number of nitrogens with zero attached hydrogens (tertiary/aromatic N) is 1. The van der Waals surface area contributed by atoms with E-state index in [1.807, 2.05) is 0 Å². The van der Waals surface area contributed by atoms with Gasteiger partial charge in [0.25, 0.3) is 5.91 Å². The van der Waals surface area contributed by atoms with Crippen molar-refractivity contribution in [3.8, 4) is 0 Å². The van der Waals surface area contributed by atoms with Gasteiger partial charge in [-0.05, 0) is 6.42 Å². The second-order valence-electron chi connectivity index (χ2n) is 3.15. The van der Waals surface area contributed by atoms with Crippen LogP contribution in [0, 0.1) is 5.92 Å². The van der Waals surface area contributed by atoms with E-state index in [0.717, 1.165) is 5.71 Å². The first kappa shape index (κ1) is 7.40. The van der Waals surface area contributed by atoms with Crippen molar-refractivity contribution in [3.05, 3.63) is 12.2 Å². The van der Waals surface area contributed by atoms with E-state index < -0.39 is 0 Å². The maximum Gasteiger partial charge on any atom is 0.269 e. The van der Waals surface area contributed by atoms with Crippen molar-refractivity contribution in [1.82, 2.24) is 0 Å². The summed E-state index contributed by atoms with van der Waals surface area (Å²) in [6.07, 6.45) is 4.99. The van der Waals surface area contributed by atoms with Crippen LogP contribution in [-0.2, 0) is 9.59 Å². The molecule has 1 aliphatic heterocycles. The van der Waals surface area contributed by atoms with Crippen molar-refractivity contribution >= 4 is 17.4 Å². The van der Waals surface area contributed by atoms with Gasteiger partial charge in [0.15, 0.2) is 0 Å². The first-order valence-corrected chi connectivity index (χ1v) is 4.07. The Hall–Kier alpha value is -1.25. The minimum Gasteiger partial charge on any atom is -0.300 e. The van der Waals surface area contributed by atoms with Crippen LogP contribution in [0.1, 0.15) is 19.3 Å². The maximum atomic E-state index is 11.0. The van der Waals surface area contributed by atoms with Crippen LogP contribution in [0.2, 0.25) is 0 Å². The van der Waals surface area contributed by atoms with E-state index >= 15 is 0 Å². The van der Waals surface area contributed by atoms with Crippen LogP contribution in [0.3, 0.4) is 0 Å². The van der Waals surface area contributed by atoms with Crippen LogP contribution < -0.4 is 0 Å². The zero-order valence-electron chi connectivity index (χ0n) is 6.62. The molecule has 0 bridgehead atoms. The highest BCUT2D eigenvalue weighted by Gasteiger charge is 2.25. The van der Waals surface area contributed by atoms with E-state index in [9.17, 15) is 9.59 Å². The number of fused-ring (bicyclic) bond motifs is 1. The Kier molecular flexibility index (Phi) is 1.64. The van der Waals surface area contributed by atoms with E-state index in [-0.39, 0.29) is 17.6 Å². The number of hydrogen-bond donors (Lipinski definition) is 0. The lowest BCUT2D eigenvalue weighted by Crippen LogP contribution is -2.26. The van der Waals surface area contributed by atoms with Gasteiger partial charge in [0, 0.05) is 30.5 Å². The second-order valence-corrected chi connectivity index (χ2v) is 3.15. The number of Topliss-reactive ketones (excluding diaryl/α,β-unsaturated/α-hetero) is 1. The number of dihydropyridines is 1. The van der Waals surface area contributed by atoms with Gasteiger partial charge in [-0.15, -0.1) is 0 Å². The fourth-order valence-corrected chi connectivity index (χ4v) is 1.61. The highest BCUT2D eigenvalue weighted by Crippen LogP contribution is 2.22. The predicted octanol–water partition coefficient (Wildman–Crippen LogP) is 0.893. The summed E-state index contributed by atoms with van der Waals surface area (Å²) < 4.78 is 0. The second kappa shape index (κ2) is 2.66. The lowest BCUT2D eigenvalue weighted by atomic mass is 9.85. The Morgan fingerprint density at radius 1 is 1.33 bits per heavy atom.